The van der Waals surface area contributed by atoms with Gasteiger partial charge >= 0.3 is 5.97 Å². The first kappa shape index (κ1) is 15.4. The highest BCUT2D eigenvalue weighted by Crippen LogP contribution is 2.16. The molecule has 106 valence electrons. The number of likely N-dealkylation sites (tertiary alicyclic amines) is 1. The largest absolute Gasteiger partial charge is 0.462 e. The highest BCUT2D eigenvalue weighted by atomic mass is 16.5. The van der Waals surface area contributed by atoms with E-state index in [1.807, 2.05) is 13.8 Å². The Hall–Kier alpha value is -0.610. The number of hydrogen-bond donors (Lipinski definition) is 1. The Morgan fingerprint density at radius 1 is 1.44 bits per heavy atom. The van der Waals surface area contributed by atoms with Gasteiger partial charge in [0.15, 0.2) is 0 Å². The average molecular weight is 256 g/mol. The van der Waals surface area contributed by atoms with E-state index in [-0.39, 0.29) is 12.1 Å². The van der Waals surface area contributed by atoms with Crippen LogP contribution in [0.3, 0.4) is 0 Å². The van der Waals surface area contributed by atoms with Crippen molar-refractivity contribution >= 4 is 5.97 Å². The van der Waals surface area contributed by atoms with Crippen LogP contribution in [0.2, 0.25) is 0 Å². The molecule has 4 heteroatoms. The summed E-state index contributed by atoms with van der Waals surface area (Å²) in [5.41, 5.74) is 0. The first-order valence-corrected chi connectivity index (χ1v) is 7.27. The molecule has 1 N–H and O–H groups in total. The third kappa shape index (κ3) is 5.83. The van der Waals surface area contributed by atoms with Gasteiger partial charge in [-0.05, 0) is 46.2 Å². The lowest BCUT2D eigenvalue weighted by molar-refractivity contribution is -0.149. The molecule has 0 aliphatic carbocycles. The molecule has 0 saturated carbocycles. The van der Waals surface area contributed by atoms with E-state index in [1.165, 1.54) is 19.3 Å². The predicted molar refractivity (Wildman–Crippen MR) is 73.6 cm³/mol. The van der Waals surface area contributed by atoms with Crippen molar-refractivity contribution in [2.45, 2.75) is 58.6 Å². The molecular formula is C14H28N2O2. The molecular weight excluding hydrogens is 228 g/mol. The van der Waals surface area contributed by atoms with Crippen LogP contribution in [-0.4, -0.2) is 49.2 Å². The standard InChI is InChI=1S/C14H28N2O2/c1-4-8-15-10-13-7-5-6-9-16(13)11-14(17)18-12(2)3/h12-13,15H,4-11H2,1-3H3. The number of esters is 1. The summed E-state index contributed by atoms with van der Waals surface area (Å²) in [6, 6.07) is 0.491. The molecule has 1 unspecified atom stereocenters. The summed E-state index contributed by atoms with van der Waals surface area (Å²) in [4.78, 5) is 14.0. The number of carbonyl (C=O) groups is 1. The summed E-state index contributed by atoms with van der Waals surface area (Å²) >= 11 is 0. The fourth-order valence-corrected chi connectivity index (χ4v) is 2.41. The van der Waals surface area contributed by atoms with E-state index in [1.54, 1.807) is 0 Å². The maximum atomic E-state index is 11.7. The Labute approximate surface area is 111 Å². The Morgan fingerprint density at radius 2 is 2.22 bits per heavy atom. The summed E-state index contributed by atoms with van der Waals surface area (Å²) in [6.07, 6.45) is 4.79. The molecule has 0 aromatic carbocycles. The summed E-state index contributed by atoms with van der Waals surface area (Å²) < 4.78 is 5.23. The Balaban J connectivity index is 2.36. The van der Waals surface area contributed by atoms with Crippen molar-refractivity contribution in [1.82, 2.24) is 10.2 Å². The van der Waals surface area contributed by atoms with Crippen molar-refractivity contribution in [3.05, 3.63) is 0 Å². The normalized spacial score (nSPS) is 21.2. The van der Waals surface area contributed by atoms with E-state index < -0.39 is 0 Å². The van der Waals surface area contributed by atoms with Crippen LogP contribution in [0, 0.1) is 0 Å². The molecule has 1 fully saturated rings. The fraction of sp³-hybridized carbons (Fsp3) is 0.929. The van der Waals surface area contributed by atoms with Gasteiger partial charge in [0.2, 0.25) is 0 Å². The van der Waals surface area contributed by atoms with Crippen LogP contribution in [-0.2, 0) is 9.53 Å². The first-order valence-electron chi connectivity index (χ1n) is 7.27. The number of rotatable bonds is 7. The quantitative estimate of drug-likeness (QED) is 0.557. The molecule has 0 aromatic heterocycles. The van der Waals surface area contributed by atoms with Gasteiger partial charge in [-0.2, -0.15) is 0 Å². The van der Waals surface area contributed by atoms with Crippen LogP contribution < -0.4 is 5.32 Å². The van der Waals surface area contributed by atoms with E-state index in [0.29, 0.717) is 12.6 Å². The van der Waals surface area contributed by atoms with Gasteiger partial charge in [-0.3, -0.25) is 9.69 Å². The van der Waals surface area contributed by atoms with Crippen LogP contribution in [0.5, 0.6) is 0 Å². The zero-order valence-electron chi connectivity index (χ0n) is 12.1. The van der Waals surface area contributed by atoms with Crippen LogP contribution in [0.15, 0.2) is 0 Å². The molecule has 18 heavy (non-hydrogen) atoms. The highest BCUT2D eigenvalue weighted by molar-refractivity contribution is 5.71. The van der Waals surface area contributed by atoms with Gasteiger partial charge in [-0.15, -0.1) is 0 Å². The predicted octanol–water partition coefficient (Wildman–Crippen LogP) is 1.79. The van der Waals surface area contributed by atoms with E-state index in [4.69, 9.17) is 4.74 Å². The molecule has 1 rings (SSSR count). The Kier molecular flexibility index (Phi) is 7.28. The van der Waals surface area contributed by atoms with E-state index in [0.717, 1.165) is 26.1 Å². The Morgan fingerprint density at radius 3 is 2.89 bits per heavy atom. The van der Waals surface area contributed by atoms with Gasteiger partial charge in [0.05, 0.1) is 12.6 Å². The van der Waals surface area contributed by atoms with Gasteiger partial charge in [0.1, 0.15) is 0 Å². The maximum Gasteiger partial charge on any atom is 0.320 e. The molecule has 0 amide bonds. The van der Waals surface area contributed by atoms with Crippen molar-refractivity contribution in [2.24, 2.45) is 0 Å². The van der Waals surface area contributed by atoms with Crippen LogP contribution in [0.4, 0.5) is 0 Å². The van der Waals surface area contributed by atoms with Crippen LogP contribution in [0.25, 0.3) is 0 Å². The Bertz CT molecular complexity index is 244. The molecule has 4 nitrogen and oxygen atoms in total. The molecule has 0 spiro atoms. The topological polar surface area (TPSA) is 41.6 Å². The SMILES string of the molecule is CCCNCC1CCCCN1CC(=O)OC(C)C. The first-order chi connectivity index (χ1) is 8.63. The molecule has 0 radical (unpaired) electrons. The van der Waals surface area contributed by atoms with Gasteiger partial charge in [0, 0.05) is 12.6 Å². The van der Waals surface area contributed by atoms with Gasteiger partial charge in [-0.1, -0.05) is 13.3 Å². The zero-order valence-corrected chi connectivity index (χ0v) is 12.1. The second-order valence-electron chi connectivity index (χ2n) is 5.36. The van der Waals surface area contributed by atoms with Crippen molar-refractivity contribution in [3.8, 4) is 0 Å². The lowest BCUT2D eigenvalue weighted by Crippen LogP contribution is -2.48. The molecule has 1 saturated heterocycles. The maximum absolute atomic E-state index is 11.7. The summed E-state index contributed by atoms with van der Waals surface area (Å²) in [5.74, 6) is -0.0904. The molecule has 1 atom stereocenters. The monoisotopic (exact) mass is 256 g/mol. The molecule has 0 bridgehead atoms. The number of hydrogen-bond acceptors (Lipinski definition) is 4. The summed E-state index contributed by atoms with van der Waals surface area (Å²) in [7, 11) is 0. The zero-order chi connectivity index (χ0) is 13.4. The number of nitrogens with zero attached hydrogens (tertiary/aromatic N) is 1. The second-order valence-corrected chi connectivity index (χ2v) is 5.36. The minimum Gasteiger partial charge on any atom is -0.462 e. The number of piperidine rings is 1. The molecule has 1 aliphatic heterocycles. The smallest absolute Gasteiger partial charge is 0.320 e. The number of carbonyl (C=O) groups excluding carboxylic acids is 1. The number of ether oxygens (including phenoxy) is 1. The lowest BCUT2D eigenvalue weighted by atomic mass is 10.0. The van der Waals surface area contributed by atoms with Crippen molar-refractivity contribution in [2.75, 3.05) is 26.2 Å². The minimum absolute atomic E-state index is 0.0149. The van der Waals surface area contributed by atoms with Gasteiger partial charge in [-0.25, -0.2) is 0 Å². The summed E-state index contributed by atoms with van der Waals surface area (Å²) in [5, 5.41) is 3.45. The fourth-order valence-electron chi connectivity index (χ4n) is 2.41. The van der Waals surface area contributed by atoms with Crippen molar-refractivity contribution < 1.29 is 9.53 Å². The van der Waals surface area contributed by atoms with E-state index in [2.05, 4.69) is 17.1 Å². The number of nitrogens with one attached hydrogen (secondary N) is 1. The van der Waals surface area contributed by atoms with E-state index in [9.17, 15) is 4.79 Å². The highest BCUT2D eigenvalue weighted by Gasteiger charge is 2.24. The van der Waals surface area contributed by atoms with Crippen LogP contribution >= 0.6 is 0 Å². The van der Waals surface area contributed by atoms with Crippen molar-refractivity contribution in [3.63, 3.8) is 0 Å². The van der Waals surface area contributed by atoms with Crippen molar-refractivity contribution in [1.29, 1.82) is 0 Å². The van der Waals surface area contributed by atoms with Gasteiger partial charge in [0.25, 0.3) is 0 Å². The second kappa shape index (κ2) is 8.48. The minimum atomic E-state index is -0.0904. The van der Waals surface area contributed by atoms with Gasteiger partial charge < -0.3 is 10.1 Å². The summed E-state index contributed by atoms with van der Waals surface area (Å²) in [6.45, 7) is 9.47. The average Bonchev–Trinajstić information content (AvgIpc) is 2.30. The molecule has 1 heterocycles. The molecule has 1 aliphatic rings. The van der Waals surface area contributed by atoms with E-state index >= 15 is 0 Å². The third-order valence-corrected chi connectivity index (χ3v) is 3.26. The molecule has 0 aromatic rings. The van der Waals surface area contributed by atoms with Crippen LogP contribution in [0.1, 0.15) is 46.5 Å². The lowest BCUT2D eigenvalue weighted by Gasteiger charge is -2.35. The third-order valence-electron chi connectivity index (χ3n) is 3.26.